The third-order valence-corrected chi connectivity index (χ3v) is 4.96. The molecule has 2 heterocycles. The molecule has 24 heavy (non-hydrogen) atoms. The minimum atomic E-state index is -0.908. The lowest BCUT2D eigenvalue weighted by atomic mass is 9.76. The summed E-state index contributed by atoms with van der Waals surface area (Å²) in [6.07, 6.45) is 7.04. The molecule has 1 aliphatic heterocycles. The number of rotatable bonds is 5. The number of carbonyl (C=O) groups excluding carboxylic acids is 1. The van der Waals surface area contributed by atoms with Gasteiger partial charge in [0.1, 0.15) is 5.76 Å². The van der Waals surface area contributed by atoms with Crippen molar-refractivity contribution in [1.82, 2.24) is 9.88 Å². The number of allylic oxidation sites excluding steroid dienone is 2. The highest BCUT2D eigenvalue weighted by Gasteiger charge is 2.44. The number of aliphatic carboxylic acids is 1. The molecular weight excluding hydrogens is 308 g/mol. The molecule has 1 amide bonds. The second kappa shape index (κ2) is 6.42. The molecule has 0 unspecified atom stereocenters. The third-order valence-electron chi connectivity index (χ3n) is 4.96. The van der Waals surface area contributed by atoms with Gasteiger partial charge in [0.15, 0.2) is 12.1 Å². The van der Waals surface area contributed by atoms with E-state index in [4.69, 9.17) is 4.42 Å². The summed E-state index contributed by atoms with van der Waals surface area (Å²) in [5.74, 6) is -0.0739. The van der Waals surface area contributed by atoms with Gasteiger partial charge in [-0.15, -0.1) is 0 Å². The molecular formula is C18H24N2O4. The minimum Gasteiger partial charge on any atom is -0.481 e. The fraction of sp³-hybridized carbons (Fsp3) is 0.611. The fourth-order valence-corrected chi connectivity index (χ4v) is 3.33. The average molecular weight is 332 g/mol. The van der Waals surface area contributed by atoms with E-state index in [9.17, 15) is 14.7 Å². The molecule has 1 N–H and O–H groups in total. The molecule has 0 bridgehead atoms. The Balaban J connectivity index is 1.80. The molecule has 1 atom stereocenters. The number of nitrogens with zero attached hydrogens (tertiary/aromatic N) is 2. The van der Waals surface area contributed by atoms with Gasteiger partial charge in [-0.3, -0.25) is 9.59 Å². The minimum absolute atomic E-state index is 0.201. The highest BCUT2D eigenvalue weighted by molar-refractivity contribution is 5.94. The van der Waals surface area contributed by atoms with Crippen LogP contribution in [0.2, 0.25) is 0 Å². The van der Waals surface area contributed by atoms with Gasteiger partial charge in [-0.2, -0.15) is 0 Å². The molecule has 3 rings (SSSR count). The van der Waals surface area contributed by atoms with Crippen LogP contribution in [0.15, 0.2) is 22.5 Å². The van der Waals surface area contributed by atoms with E-state index in [1.54, 1.807) is 4.90 Å². The van der Waals surface area contributed by atoms with Gasteiger partial charge in [0, 0.05) is 19.0 Å². The van der Waals surface area contributed by atoms with Gasteiger partial charge in [-0.1, -0.05) is 11.6 Å². The Morgan fingerprint density at radius 3 is 2.83 bits per heavy atom. The van der Waals surface area contributed by atoms with Crippen LogP contribution in [-0.4, -0.2) is 40.0 Å². The van der Waals surface area contributed by atoms with Crippen molar-refractivity contribution in [2.45, 2.75) is 51.9 Å². The third kappa shape index (κ3) is 3.23. The van der Waals surface area contributed by atoms with Crippen LogP contribution in [-0.2, 0) is 4.79 Å². The maximum absolute atomic E-state index is 12.9. The van der Waals surface area contributed by atoms with E-state index in [-0.39, 0.29) is 12.5 Å². The SMILES string of the molecule is CC(C)=CC[C@]1(C(=O)O)CCCN(C(=O)c2ncoc2C2CC2)C1. The van der Waals surface area contributed by atoms with Gasteiger partial charge in [0.05, 0.1) is 5.41 Å². The molecule has 6 heteroatoms. The molecule has 1 aromatic rings. The van der Waals surface area contributed by atoms with E-state index < -0.39 is 11.4 Å². The van der Waals surface area contributed by atoms with E-state index in [0.717, 1.165) is 18.4 Å². The summed E-state index contributed by atoms with van der Waals surface area (Å²) in [4.78, 5) is 30.5. The summed E-state index contributed by atoms with van der Waals surface area (Å²) in [5.41, 5.74) is 0.543. The molecule has 1 saturated heterocycles. The largest absolute Gasteiger partial charge is 0.481 e. The molecule has 2 aliphatic rings. The predicted octanol–water partition coefficient (Wildman–Crippen LogP) is 3.22. The first-order valence-electron chi connectivity index (χ1n) is 8.52. The lowest BCUT2D eigenvalue weighted by Gasteiger charge is -2.39. The first-order chi connectivity index (χ1) is 11.4. The Morgan fingerprint density at radius 1 is 1.46 bits per heavy atom. The molecule has 1 aliphatic carbocycles. The summed E-state index contributed by atoms with van der Waals surface area (Å²) in [7, 11) is 0. The number of carboxylic acids is 1. The normalized spacial score (nSPS) is 23.8. The van der Waals surface area contributed by atoms with E-state index in [2.05, 4.69) is 4.98 Å². The lowest BCUT2D eigenvalue weighted by molar-refractivity contribution is -0.151. The van der Waals surface area contributed by atoms with E-state index in [1.165, 1.54) is 6.39 Å². The molecule has 0 spiro atoms. The molecule has 2 fully saturated rings. The zero-order valence-electron chi connectivity index (χ0n) is 14.2. The Morgan fingerprint density at radius 2 is 2.21 bits per heavy atom. The van der Waals surface area contributed by atoms with Crippen LogP contribution in [0.25, 0.3) is 0 Å². The zero-order chi connectivity index (χ0) is 17.3. The number of piperidine rings is 1. The lowest BCUT2D eigenvalue weighted by Crippen LogP contribution is -2.50. The topological polar surface area (TPSA) is 83.6 Å². The van der Waals surface area contributed by atoms with Crippen molar-refractivity contribution in [3.05, 3.63) is 29.5 Å². The van der Waals surface area contributed by atoms with Crippen molar-refractivity contribution in [2.75, 3.05) is 13.1 Å². The molecule has 130 valence electrons. The number of oxazole rings is 1. The Bertz CT molecular complexity index is 670. The summed E-state index contributed by atoms with van der Waals surface area (Å²) in [6.45, 7) is 4.71. The Hall–Kier alpha value is -2.11. The first-order valence-corrected chi connectivity index (χ1v) is 8.52. The van der Waals surface area contributed by atoms with Crippen LogP contribution >= 0.6 is 0 Å². The number of likely N-dealkylation sites (tertiary alicyclic amines) is 1. The Labute approximate surface area is 141 Å². The van der Waals surface area contributed by atoms with Crippen LogP contribution in [0.1, 0.15) is 68.1 Å². The molecule has 1 saturated carbocycles. The van der Waals surface area contributed by atoms with Crippen molar-refractivity contribution in [1.29, 1.82) is 0 Å². The van der Waals surface area contributed by atoms with E-state index >= 15 is 0 Å². The molecule has 1 aromatic heterocycles. The standard InChI is InChI=1S/C18H24N2O4/c1-12(2)6-8-18(17(22)23)7-3-9-20(10-18)16(21)14-15(13-4-5-13)24-11-19-14/h6,11,13H,3-5,7-10H2,1-2H3,(H,22,23)/t18-/m1/s1. The predicted molar refractivity (Wildman–Crippen MR) is 87.7 cm³/mol. The number of aromatic nitrogens is 1. The van der Waals surface area contributed by atoms with Crippen molar-refractivity contribution < 1.29 is 19.1 Å². The average Bonchev–Trinajstić information content (AvgIpc) is 3.29. The number of carboxylic acid groups (broad SMARTS) is 1. The number of hydrogen-bond acceptors (Lipinski definition) is 4. The van der Waals surface area contributed by atoms with Gasteiger partial charge in [-0.05, 0) is 46.0 Å². The van der Waals surface area contributed by atoms with Gasteiger partial charge in [0.25, 0.3) is 5.91 Å². The fourth-order valence-electron chi connectivity index (χ4n) is 3.33. The van der Waals surface area contributed by atoms with Gasteiger partial charge < -0.3 is 14.4 Å². The smallest absolute Gasteiger partial charge is 0.311 e. The Kier molecular flexibility index (Phi) is 4.47. The molecule has 0 radical (unpaired) electrons. The van der Waals surface area contributed by atoms with Gasteiger partial charge >= 0.3 is 5.97 Å². The van der Waals surface area contributed by atoms with Crippen molar-refractivity contribution in [3.8, 4) is 0 Å². The van der Waals surface area contributed by atoms with Crippen molar-refractivity contribution in [3.63, 3.8) is 0 Å². The first kappa shape index (κ1) is 16.7. The number of carbonyl (C=O) groups is 2. The van der Waals surface area contributed by atoms with Crippen molar-refractivity contribution >= 4 is 11.9 Å². The van der Waals surface area contributed by atoms with Crippen LogP contribution in [0.5, 0.6) is 0 Å². The monoisotopic (exact) mass is 332 g/mol. The van der Waals surface area contributed by atoms with Crippen LogP contribution < -0.4 is 0 Å². The quantitative estimate of drug-likeness (QED) is 0.837. The van der Waals surface area contributed by atoms with E-state index in [0.29, 0.717) is 43.2 Å². The van der Waals surface area contributed by atoms with Crippen molar-refractivity contribution in [2.24, 2.45) is 5.41 Å². The summed E-state index contributed by atoms with van der Waals surface area (Å²) < 4.78 is 5.39. The number of amides is 1. The maximum atomic E-state index is 12.9. The maximum Gasteiger partial charge on any atom is 0.311 e. The van der Waals surface area contributed by atoms with E-state index in [1.807, 2.05) is 19.9 Å². The molecule has 6 nitrogen and oxygen atoms in total. The summed E-state index contributed by atoms with van der Waals surface area (Å²) >= 11 is 0. The number of hydrogen-bond donors (Lipinski definition) is 1. The van der Waals surface area contributed by atoms with Gasteiger partial charge in [0.2, 0.25) is 0 Å². The highest BCUT2D eigenvalue weighted by atomic mass is 16.4. The second-order valence-electron chi connectivity index (χ2n) is 7.24. The second-order valence-corrected chi connectivity index (χ2v) is 7.24. The van der Waals surface area contributed by atoms with Crippen LogP contribution in [0.4, 0.5) is 0 Å². The summed E-state index contributed by atoms with van der Waals surface area (Å²) in [6, 6.07) is 0. The summed E-state index contributed by atoms with van der Waals surface area (Å²) in [5, 5.41) is 9.78. The highest BCUT2D eigenvalue weighted by Crippen LogP contribution is 2.42. The zero-order valence-corrected chi connectivity index (χ0v) is 14.2. The van der Waals surface area contributed by atoms with Gasteiger partial charge in [-0.25, -0.2) is 4.98 Å². The molecule has 0 aromatic carbocycles. The van der Waals surface area contributed by atoms with Crippen LogP contribution in [0.3, 0.4) is 0 Å². The van der Waals surface area contributed by atoms with Crippen LogP contribution in [0, 0.1) is 5.41 Å².